The third-order valence-corrected chi connectivity index (χ3v) is 6.24. The number of rotatable bonds is 2. The van der Waals surface area contributed by atoms with Crippen LogP contribution < -0.4 is 11.5 Å². The van der Waals surface area contributed by atoms with Gasteiger partial charge in [0.2, 0.25) is 0 Å². The van der Waals surface area contributed by atoms with E-state index in [2.05, 4.69) is 20.2 Å². The predicted molar refractivity (Wildman–Crippen MR) is 112 cm³/mol. The van der Waals surface area contributed by atoms with Gasteiger partial charge in [-0.05, 0) is 19.4 Å². The Balaban J connectivity index is 1.84. The molecule has 11 nitrogen and oxygen atoms in total. The maximum Gasteiger partial charge on any atom is 0.255 e. The number of nitrogens with zero attached hydrogens (tertiary/aromatic N) is 8. The zero-order chi connectivity index (χ0) is 21.9. The molecule has 0 saturated carbocycles. The number of ether oxygens (including phenoxy) is 1. The van der Waals surface area contributed by atoms with Gasteiger partial charge in [-0.15, -0.1) is 11.3 Å². The lowest BCUT2D eigenvalue weighted by Crippen LogP contribution is -2.31. The van der Waals surface area contributed by atoms with Gasteiger partial charge in [-0.2, -0.15) is 40.1 Å². The van der Waals surface area contributed by atoms with Gasteiger partial charge in [-0.25, -0.2) is 0 Å². The summed E-state index contributed by atoms with van der Waals surface area (Å²) in [6, 6.07) is 4.01. The molecule has 5 heterocycles. The number of fused-ring (bicyclic) bond motifs is 3. The first kappa shape index (κ1) is 19.0. The van der Waals surface area contributed by atoms with E-state index < -0.39 is 0 Å². The molecular weight excluding hydrogens is 416 g/mol. The summed E-state index contributed by atoms with van der Waals surface area (Å²) in [6.45, 7) is 4.51. The molecule has 0 atom stereocenters. The number of thiophene rings is 1. The summed E-state index contributed by atoms with van der Waals surface area (Å²) < 4.78 is 8.68. The van der Waals surface area contributed by atoms with Crippen LogP contribution in [0, 0.1) is 22.7 Å². The summed E-state index contributed by atoms with van der Waals surface area (Å²) in [5, 5.41) is 27.8. The monoisotopic (exact) mass is 432 g/mol. The second-order valence-electron chi connectivity index (χ2n) is 7.69. The fourth-order valence-electron chi connectivity index (χ4n) is 3.58. The van der Waals surface area contributed by atoms with Crippen molar-refractivity contribution in [2.75, 3.05) is 11.5 Å². The molecule has 0 amide bonds. The summed E-state index contributed by atoms with van der Waals surface area (Å²) in [5.41, 5.74) is 13.4. The molecule has 1 aliphatic heterocycles. The van der Waals surface area contributed by atoms with Crippen LogP contribution in [0.5, 0.6) is 0 Å². The highest BCUT2D eigenvalue weighted by Gasteiger charge is 2.32. The van der Waals surface area contributed by atoms with Crippen LogP contribution in [-0.4, -0.2) is 35.1 Å². The third kappa shape index (κ3) is 2.81. The lowest BCUT2D eigenvalue weighted by molar-refractivity contribution is -0.0379. The molecule has 31 heavy (non-hydrogen) atoms. The van der Waals surface area contributed by atoms with E-state index in [1.54, 1.807) is 0 Å². The number of nitrogen functional groups attached to an aromatic ring is 2. The molecule has 0 bridgehead atoms. The fraction of sp³-hybridized carbons (Fsp3) is 0.263. The third-order valence-electron chi connectivity index (χ3n) is 5.14. The highest BCUT2D eigenvalue weighted by molar-refractivity contribution is 7.18. The minimum Gasteiger partial charge on any atom is -0.382 e. The van der Waals surface area contributed by atoms with Gasteiger partial charge in [-0.3, -0.25) is 0 Å². The fourth-order valence-corrected chi connectivity index (χ4v) is 4.67. The minimum absolute atomic E-state index is 0.129. The van der Waals surface area contributed by atoms with E-state index in [9.17, 15) is 10.5 Å². The van der Waals surface area contributed by atoms with Crippen molar-refractivity contribution in [1.29, 1.82) is 10.5 Å². The van der Waals surface area contributed by atoms with Gasteiger partial charge < -0.3 is 16.2 Å². The van der Waals surface area contributed by atoms with Gasteiger partial charge >= 0.3 is 0 Å². The van der Waals surface area contributed by atoms with Crippen LogP contribution in [0.1, 0.15) is 35.4 Å². The zero-order valence-corrected chi connectivity index (χ0v) is 17.4. The van der Waals surface area contributed by atoms with Gasteiger partial charge in [0.15, 0.2) is 5.82 Å². The van der Waals surface area contributed by atoms with Crippen molar-refractivity contribution in [2.24, 2.45) is 0 Å². The molecule has 0 fully saturated rings. The topological polar surface area (TPSA) is 170 Å². The summed E-state index contributed by atoms with van der Waals surface area (Å²) in [4.78, 5) is 11.1. The lowest BCUT2D eigenvalue weighted by Gasteiger charge is -2.30. The Kier molecular flexibility index (Phi) is 3.98. The quantitative estimate of drug-likeness (QED) is 0.479. The number of aromatic nitrogens is 6. The molecule has 154 valence electrons. The van der Waals surface area contributed by atoms with Crippen molar-refractivity contribution < 1.29 is 4.74 Å². The van der Waals surface area contributed by atoms with Gasteiger partial charge in [0.1, 0.15) is 39.7 Å². The number of hydrogen-bond acceptors (Lipinski definition) is 10. The highest BCUT2D eigenvalue weighted by Crippen LogP contribution is 2.41. The molecule has 0 unspecified atom stereocenters. The van der Waals surface area contributed by atoms with Crippen molar-refractivity contribution in [3.05, 3.63) is 34.0 Å². The Labute approximate surface area is 180 Å². The average Bonchev–Trinajstić information content (AvgIpc) is 3.40. The van der Waals surface area contributed by atoms with Crippen LogP contribution in [0.4, 0.5) is 11.6 Å². The van der Waals surface area contributed by atoms with Crippen LogP contribution >= 0.6 is 11.3 Å². The van der Waals surface area contributed by atoms with Gasteiger partial charge in [-0.1, -0.05) is 0 Å². The van der Waals surface area contributed by atoms with Crippen LogP contribution in [-0.2, 0) is 17.8 Å². The molecule has 4 aromatic rings. The highest BCUT2D eigenvalue weighted by atomic mass is 32.1. The maximum absolute atomic E-state index is 9.32. The largest absolute Gasteiger partial charge is 0.382 e. The first-order valence-electron chi connectivity index (χ1n) is 9.27. The molecule has 0 saturated heterocycles. The van der Waals surface area contributed by atoms with Crippen LogP contribution in [0.25, 0.3) is 22.0 Å². The van der Waals surface area contributed by atoms with Crippen molar-refractivity contribution >= 4 is 33.2 Å². The second-order valence-corrected chi connectivity index (χ2v) is 8.77. The normalized spacial score (nSPS) is 14.8. The minimum atomic E-state index is -0.349. The molecule has 0 radical (unpaired) electrons. The van der Waals surface area contributed by atoms with E-state index >= 15 is 0 Å². The molecule has 12 heteroatoms. The first-order valence-corrected chi connectivity index (χ1v) is 10.1. The smallest absolute Gasteiger partial charge is 0.255 e. The Morgan fingerprint density at radius 1 is 1.06 bits per heavy atom. The van der Waals surface area contributed by atoms with Gasteiger partial charge in [0, 0.05) is 11.3 Å². The number of nitriles is 2. The maximum atomic E-state index is 9.32. The van der Waals surface area contributed by atoms with E-state index in [1.165, 1.54) is 33.1 Å². The number of hydrogen-bond donors (Lipinski definition) is 2. The molecule has 1 aliphatic rings. The molecule has 0 aliphatic carbocycles. The van der Waals surface area contributed by atoms with Gasteiger partial charge in [0.25, 0.3) is 5.95 Å². The molecule has 0 aromatic carbocycles. The van der Waals surface area contributed by atoms with Crippen molar-refractivity contribution in [2.45, 2.75) is 32.5 Å². The molecular formula is C19H16N10OS. The molecule has 5 rings (SSSR count). The van der Waals surface area contributed by atoms with Crippen molar-refractivity contribution in [1.82, 2.24) is 29.5 Å². The Morgan fingerprint density at radius 2 is 1.71 bits per heavy atom. The predicted octanol–water partition coefficient (Wildman–Crippen LogP) is 1.82. The Bertz CT molecular complexity index is 1450. The standard InChI is InChI=1S/C19H16N10OS/c1-19(2)3-11-12(8-30-19)31-17-13(11)16(28-14(22)9(4-20)6-24-28)26-18(27-17)29-15(23)10(5-21)7-25-29/h6-7H,3,8,22-23H2,1-2H3. The summed E-state index contributed by atoms with van der Waals surface area (Å²) in [6.07, 6.45) is 3.41. The van der Waals surface area contributed by atoms with Crippen LogP contribution in [0.3, 0.4) is 0 Å². The summed E-state index contributed by atoms with van der Waals surface area (Å²) >= 11 is 1.48. The van der Waals surface area contributed by atoms with Crippen LogP contribution in [0.15, 0.2) is 12.4 Å². The van der Waals surface area contributed by atoms with Crippen molar-refractivity contribution in [3.63, 3.8) is 0 Å². The summed E-state index contributed by atoms with van der Waals surface area (Å²) in [7, 11) is 0. The number of nitrogens with two attached hydrogens (primary N) is 2. The first-order chi connectivity index (χ1) is 14.8. The molecule has 0 spiro atoms. The lowest BCUT2D eigenvalue weighted by atomic mass is 9.94. The second kappa shape index (κ2) is 6.50. The van der Waals surface area contributed by atoms with E-state index in [-0.39, 0.29) is 34.3 Å². The zero-order valence-electron chi connectivity index (χ0n) is 16.6. The SMILES string of the molecule is CC1(C)Cc2c(sc3nc(-n4ncc(C#N)c4N)nc(-n4ncc(C#N)c4N)c23)CO1. The van der Waals surface area contributed by atoms with E-state index in [4.69, 9.17) is 16.2 Å². The summed E-state index contributed by atoms with van der Waals surface area (Å²) in [5.74, 6) is 0.895. The molecule has 4 aromatic heterocycles. The molecule has 4 N–H and O–H groups in total. The van der Waals surface area contributed by atoms with E-state index in [1.807, 2.05) is 26.0 Å². The number of anilines is 2. The Morgan fingerprint density at radius 3 is 2.35 bits per heavy atom. The van der Waals surface area contributed by atoms with Crippen molar-refractivity contribution in [3.8, 4) is 23.9 Å². The van der Waals surface area contributed by atoms with Crippen LogP contribution in [0.2, 0.25) is 0 Å². The Hall–Kier alpha value is -4.00. The average molecular weight is 432 g/mol. The van der Waals surface area contributed by atoms with E-state index in [0.29, 0.717) is 23.7 Å². The van der Waals surface area contributed by atoms with Gasteiger partial charge in [0.05, 0.1) is 30.0 Å². The van der Waals surface area contributed by atoms with E-state index in [0.717, 1.165) is 15.8 Å².